The predicted octanol–water partition coefficient (Wildman–Crippen LogP) is 2.87. The second-order valence-electron chi connectivity index (χ2n) is 3.55. The van der Waals surface area contributed by atoms with Crippen LogP contribution in [0.3, 0.4) is 0 Å². The zero-order valence-corrected chi connectivity index (χ0v) is 9.19. The van der Waals surface area contributed by atoms with Crippen LogP contribution < -0.4 is 4.90 Å². The van der Waals surface area contributed by atoms with Crippen molar-refractivity contribution in [3.05, 3.63) is 23.5 Å². The van der Waals surface area contributed by atoms with Gasteiger partial charge in [0.2, 0.25) is 11.6 Å². The smallest absolute Gasteiger partial charge is 0.253 e. The molecule has 0 spiro atoms. The van der Waals surface area contributed by atoms with Gasteiger partial charge in [-0.25, -0.2) is 0 Å². The third-order valence-electron chi connectivity index (χ3n) is 2.23. The maximum absolute atomic E-state index is 13.4. The maximum atomic E-state index is 13.4. The SMILES string of the molecule is CCN(c1c(F)c(F)nc(F)c1F)C(C)C. The molecule has 0 radical (unpaired) electrons. The summed E-state index contributed by atoms with van der Waals surface area (Å²) in [6.45, 7) is 5.20. The number of hydrogen-bond acceptors (Lipinski definition) is 2. The van der Waals surface area contributed by atoms with Crippen LogP contribution in [-0.2, 0) is 0 Å². The van der Waals surface area contributed by atoms with Gasteiger partial charge in [0.15, 0.2) is 0 Å². The fraction of sp³-hybridized carbons (Fsp3) is 0.500. The summed E-state index contributed by atoms with van der Waals surface area (Å²) in [5.74, 6) is -6.19. The number of hydrogen-bond donors (Lipinski definition) is 0. The first-order valence-corrected chi connectivity index (χ1v) is 4.86. The maximum Gasteiger partial charge on any atom is 0.253 e. The van der Waals surface area contributed by atoms with Gasteiger partial charge in [0.25, 0.3) is 11.9 Å². The van der Waals surface area contributed by atoms with Gasteiger partial charge in [0.1, 0.15) is 5.69 Å². The van der Waals surface area contributed by atoms with Gasteiger partial charge in [-0.2, -0.15) is 22.5 Å². The molecule has 0 atom stereocenters. The lowest BCUT2D eigenvalue weighted by Crippen LogP contribution is -2.32. The lowest BCUT2D eigenvalue weighted by molar-refractivity contribution is 0.404. The zero-order chi connectivity index (χ0) is 12.5. The average Bonchev–Trinajstić information content (AvgIpc) is 2.21. The van der Waals surface area contributed by atoms with Crippen molar-refractivity contribution in [2.24, 2.45) is 0 Å². The van der Waals surface area contributed by atoms with Crippen LogP contribution in [-0.4, -0.2) is 17.6 Å². The Morgan fingerprint density at radius 2 is 1.50 bits per heavy atom. The van der Waals surface area contributed by atoms with E-state index in [2.05, 4.69) is 4.98 Å². The first-order valence-electron chi connectivity index (χ1n) is 4.86. The Labute approximate surface area is 90.9 Å². The van der Waals surface area contributed by atoms with Gasteiger partial charge in [-0.3, -0.25) is 0 Å². The second-order valence-corrected chi connectivity index (χ2v) is 3.55. The van der Waals surface area contributed by atoms with E-state index in [-0.39, 0.29) is 12.6 Å². The summed E-state index contributed by atoms with van der Waals surface area (Å²) in [7, 11) is 0. The van der Waals surface area contributed by atoms with E-state index in [9.17, 15) is 17.6 Å². The average molecular weight is 236 g/mol. The molecule has 0 saturated heterocycles. The quantitative estimate of drug-likeness (QED) is 0.592. The lowest BCUT2D eigenvalue weighted by Gasteiger charge is -2.27. The standard InChI is InChI=1S/C10H12F4N2/c1-4-16(5(2)3)8-6(11)9(13)15-10(14)7(8)12/h5H,4H2,1-3H3. The Morgan fingerprint density at radius 3 is 1.81 bits per heavy atom. The highest BCUT2D eigenvalue weighted by Crippen LogP contribution is 2.27. The lowest BCUT2D eigenvalue weighted by atomic mass is 10.2. The molecule has 1 aromatic rings. The Bertz CT molecular complexity index is 367. The molecule has 0 saturated carbocycles. The van der Waals surface area contributed by atoms with Crippen molar-refractivity contribution in [2.45, 2.75) is 26.8 Å². The zero-order valence-electron chi connectivity index (χ0n) is 9.19. The van der Waals surface area contributed by atoms with E-state index in [1.165, 1.54) is 4.90 Å². The number of pyridine rings is 1. The van der Waals surface area contributed by atoms with Crippen molar-refractivity contribution in [3.8, 4) is 0 Å². The van der Waals surface area contributed by atoms with Crippen molar-refractivity contribution in [1.29, 1.82) is 0 Å². The highest BCUT2D eigenvalue weighted by molar-refractivity contribution is 5.49. The minimum absolute atomic E-state index is 0.231. The topological polar surface area (TPSA) is 16.1 Å². The summed E-state index contributed by atoms with van der Waals surface area (Å²) in [6.07, 6.45) is 0. The normalized spacial score (nSPS) is 11.0. The van der Waals surface area contributed by atoms with Crippen LogP contribution in [0.25, 0.3) is 0 Å². The van der Waals surface area contributed by atoms with Gasteiger partial charge in [-0.15, -0.1) is 0 Å². The first-order chi connectivity index (χ1) is 7.40. The summed E-state index contributed by atoms with van der Waals surface area (Å²) in [5.41, 5.74) is -0.706. The third kappa shape index (κ3) is 2.10. The molecule has 0 unspecified atom stereocenters. The number of aromatic nitrogens is 1. The number of nitrogens with zero attached hydrogens (tertiary/aromatic N) is 2. The molecule has 0 aliphatic rings. The van der Waals surface area contributed by atoms with E-state index >= 15 is 0 Å². The summed E-state index contributed by atoms with van der Waals surface area (Å²) in [5, 5.41) is 0. The molecule has 90 valence electrons. The molecule has 0 fully saturated rings. The molecule has 1 heterocycles. The van der Waals surface area contributed by atoms with Crippen LogP contribution in [0.15, 0.2) is 0 Å². The Kier molecular flexibility index (Phi) is 3.72. The van der Waals surface area contributed by atoms with E-state index in [1.807, 2.05) is 0 Å². The monoisotopic (exact) mass is 236 g/mol. The van der Waals surface area contributed by atoms with Crippen LogP contribution in [0.4, 0.5) is 23.2 Å². The minimum Gasteiger partial charge on any atom is -0.364 e. The van der Waals surface area contributed by atoms with Gasteiger partial charge in [-0.05, 0) is 20.8 Å². The predicted molar refractivity (Wildman–Crippen MR) is 52.2 cm³/mol. The van der Waals surface area contributed by atoms with Crippen LogP contribution in [0.2, 0.25) is 0 Å². The van der Waals surface area contributed by atoms with Crippen LogP contribution >= 0.6 is 0 Å². The van der Waals surface area contributed by atoms with Crippen LogP contribution in [0.5, 0.6) is 0 Å². The van der Waals surface area contributed by atoms with Gasteiger partial charge in [-0.1, -0.05) is 0 Å². The van der Waals surface area contributed by atoms with Crippen LogP contribution in [0.1, 0.15) is 20.8 Å². The number of anilines is 1. The Hall–Kier alpha value is -1.33. The fourth-order valence-corrected chi connectivity index (χ4v) is 1.51. The molecule has 0 aromatic carbocycles. The van der Waals surface area contributed by atoms with E-state index in [0.717, 1.165) is 0 Å². The summed E-state index contributed by atoms with van der Waals surface area (Å²) >= 11 is 0. The summed E-state index contributed by atoms with van der Waals surface area (Å²) < 4.78 is 52.4. The molecule has 1 aromatic heterocycles. The summed E-state index contributed by atoms with van der Waals surface area (Å²) in [6, 6.07) is -0.282. The molecular formula is C10H12F4N2. The Morgan fingerprint density at radius 1 is 1.06 bits per heavy atom. The van der Waals surface area contributed by atoms with Crippen LogP contribution in [0, 0.1) is 23.5 Å². The molecular weight excluding hydrogens is 224 g/mol. The van der Waals surface area contributed by atoms with Gasteiger partial charge < -0.3 is 4.90 Å². The van der Waals surface area contributed by atoms with E-state index in [1.54, 1.807) is 20.8 Å². The van der Waals surface area contributed by atoms with Crippen molar-refractivity contribution in [2.75, 3.05) is 11.4 Å². The molecule has 16 heavy (non-hydrogen) atoms. The van der Waals surface area contributed by atoms with Crippen molar-refractivity contribution < 1.29 is 17.6 Å². The molecule has 0 aliphatic heterocycles. The van der Waals surface area contributed by atoms with Crippen molar-refractivity contribution >= 4 is 5.69 Å². The molecule has 0 bridgehead atoms. The third-order valence-corrected chi connectivity index (χ3v) is 2.23. The molecule has 0 aliphatic carbocycles. The first kappa shape index (κ1) is 12.7. The largest absolute Gasteiger partial charge is 0.364 e. The Balaban J connectivity index is 3.41. The van der Waals surface area contributed by atoms with Gasteiger partial charge in [0.05, 0.1) is 0 Å². The minimum atomic E-state index is -1.63. The molecule has 0 N–H and O–H groups in total. The molecule has 2 nitrogen and oxygen atoms in total. The molecule has 6 heteroatoms. The molecule has 0 amide bonds. The second kappa shape index (κ2) is 4.67. The summed E-state index contributed by atoms with van der Waals surface area (Å²) in [4.78, 5) is 3.72. The highest BCUT2D eigenvalue weighted by atomic mass is 19.2. The van der Waals surface area contributed by atoms with Gasteiger partial charge in [0, 0.05) is 12.6 Å². The highest BCUT2D eigenvalue weighted by Gasteiger charge is 2.25. The van der Waals surface area contributed by atoms with Gasteiger partial charge >= 0.3 is 0 Å². The van der Waals surface area contributed by atoms with Crippen molar-refractivity contribution in [3.63, 3.8) is 0 Å². The van der Waals surface area contributed by atoms with Crippen molar-refractivity contribution in [1.82, 2.24) is 4.98 Å². The number of halogens is 4. The van der Waals surface area contributed by atoms with E-state index in [4.69, 9.17) is 0 Å². The van der Waals surface area contributed by atoms with E-state index in [0.29, 0.717) is 0 Å². The molecule has 1 rings (SSSR count). The number of rotatable bonds is 3. The fourth-order valence-electron chi connectivity index (χ4n) is 1.51. The van der Waals surface area contributed by atoms with E-state index < -0.39 is 29.2 Å².